The molecule has 0 spiro atoms. The predicted octanol–water partition coefficient (Wildman–Crippen LogP) is 0.309. The van der Waals surface area contributed by atoms with Crippen molar-refractivity contribution < 1.29 is 4.79 Å². The molecule has 1 unspecified atom stereocenters. The Labute approximate surface area is 79.7 Å². The zero-order valence-corrected chi connectivity index (χ0v) is 8.74. The predicted molar refractivity (Wildman–Crippen MR) is 51.0 cm³/mol. The fourth-order valence-corrected chi connectivity index (χ4v) is 0.982. The van der Waals surface area contributed by atoms with E-state index in [0.29, 0.717) is 13.0 Å². The molecule has 0 radical (unpaired) electrons. The van der Waals surface area contributed by atoms with E-state index in [0.717, 1.165) is 0 Å². The van der Waals surface area contributed by atoms with Gasteiger partial charge in [0.1, 0.15) is 0 Å². The molecular weight excluding hydrogens is 166 g/mol. The highest BCUT2D eigenvalue weighted by Crippen LogP contribution is 1.99. The molecule has 0 fully saturated rings. The summed E-state index contributed by atoms with van der Waals surface area (Å²) >= 11 is 0. The van der Waals surface area contributed by atoms with E-state index in [1.165, 1.54) is 0 Å². The largest absolute Gasteiger partial charge is 0.347 e. The van der Waals surface area contributed by atoms with Gasteiger partial charge in [-0.1, -0.05) is 0 Å². The molecule has 13 heavy (non-hydrogen) atoms. The Balaban J connectivity index is 4.03. The lowest BCUT2D eigenvalue weighted by Gasteiger charge is -2.25. The van der Waals surface area contributed by atoms with E-state index in [1.54, 1.807) is 19.0 Å². The van der Waals surface area contributed by atoms with E-state index in [1.807, 2.05) is 18.9 Å². The Morgan fingerprint density at radius 3 is 2.38 bits per heavy atom. The van der Waals surface area contributed by atoms with Gasteiger partial charge in [0.2, 0.25) is 5.91 Å². The highest BCUT2D eigenvalue weighted by atomic mass is 16.2. The van der Waals surface area contributed by atoms with Gasteiger partial charge in [-0.15, -0.1) is 0 Å². The fraction of sp³-hybridized carbons (Fsp3) is 0.778. The van der Waals surface area contributed by atoms with Crippen molar-refractivity contribution in [3.8, 4) is 6.07 Å². The molecule has 0 rings (SSSR count). The molecular formula is C9H17N3O. The maximum Gasteiger partial charge on any atom is 0.239 e. The molecule has 0 saturated carbocycles. The van der Waals surface area contributed by atoms with Crippen molar-refractivity contribution in [3.63, 3.8) is 0 Å². The van der Waals surface area contributed by atoms with Crippen molar-refractivity contribution in [2.24, 2.45) is 0 Å². The van der Waals surface area contributed by atoms with Gasteiger partial charge in [-0.05, 0) is 14.0 Å². The van der Waals surface area contributed by atoms with Crippen LogP contribution in [0.4, 0.5) is 0 Å². The summed E-state index contributed by atoms with van der Waals surface area (Å²) in [5.41, 5.74) is 0. The average Bonchev–Trinajstić information content (AvgIpc) is 2.11. The highest BCUT2D eigenvalue weighted by molar-refractivity contribution is 5.80. The summed E-state index contributed by atoms with van der Waals surface area (Å²) in [7, 11) is 5.32. The van der Waals surface area contributed by atoms with Gasteiger partial charge in [-0.2, -0.15) is 5.26 Å². The summed E-state index contributed by atoms with van der Waals surface area (Å²) < 4.78 is 0. The molecule has 0 aromatic heterocycles. The third-order valence-corrected chi connectivity index (χ3v) is 2.04. The molecule has 0 saturated heterocycles. The van der Waals surface area contributed by atoms with E-state index in [4.69, 9.17) is 5.26 Å². The Bertz CT molecular complexity index is 207. The second kappa shape index (κ2) is 5.55. The fourth-order valence-electron chi connectivity index (χ4n) is 0.982. The Morgan fingerprint density at radius 1 is 1.46 bits per heavy atom. The van der Waals surface area contributed by atoms with E-state index >= 15 is 0 Å². The molecule has 0 aliphatic heterocycles. The number of hydrogen-bond donors (Lipinski definition) is 0. The molecule has 0 bridgehead atoms. The van der Waals surface area contributed by atoms with E-state index < -0.39 is 0 Å². The van der Waals surface area contributed by atoms with Crippen molar-refractivity contribution >= 4 is 5.91 Å². The summed E-state index contributed by atoms with van der Waals surface area (Å²) in [6.07, 6.45) is 0.460. The minimum atomic E-state index is -0.150. The van der Waals surface area contributed by atoms with Crippen LogP contribution in [0.25, 0.3) is 0 Å². The Hall–Kier alpha value is -1.08. The lowest BCUT2D eigenvalue weighted by atomic mass is 10.2. The molecule has 0 aromatic carbocycles. The van der Waals surface area contributed by atoms with Crippen molar-refractivity contribution in [3.05, 3.63) is 0 Å². The lowest BCUT2D eigenvalue weighted by Crippen LogP contribution is -2.42. The number of nitriles is 1. The molecule has 0 aromatic rings. The molecule has 1 atom stereocenters. The van der Waals surface area contributed by atoms with Crippen LogP contribution in [0.1, 0.15) is 13.3 Å². The summed E-state index contributed by atoms with van der Waals surface area (Å²) in [5, 5.41) is 8.37. The van der Waals surface area contributed by atoms with Crippen molar-refractivity contribution in [1.82, 2.24) is 9.80 Å². The van der Waals surface area contributed by atoms with Gasteiger partial charge in [0.25, 0.3) is 0 Å². The number of likely N-dealkylation sites (N-methyl/N-ethyl adjacent to an activating group) is 2. The van der Waals surface area contributed by atoms with Crippen LogP contribution in [0, 0.1) is 11.3 Å². The topological polar surface area (TPSA) is 47.3 Å². The van der Waals surface area contributed by atoms with Gasteiger partial charge >= 0.3 is 0 Å². The van der Waals surface area contributed by atoms with Crippen LogP contribution in [0.15, 0.2) is 0 Å². The minimum Gasteiger partial charge on any atom is -0.347 e. The smallest absolute Gasteiger partial charge is 0.239 e. The SMILES string of the molecule is CC(C(=O)N(C)C)N(C)CCC#N. The van der Waals surface area contributed by atoms with E-state index in [9.17, 15) is 4.79 Å². The van der Waals surface area contributed by atoms with Gasteiger partial charge in [0, 0.05) is 27.1 Å². The van der Waals surface area contributed by atoms with Crippen molar-refractivity contribution in [1.29, 1.82) is 5.26 Å². The number of rotatable bonds is 4. The molecule has 4 heteroatoms. The van der Waals surface area contributed by atoms with Crippen LogP contribution < -0.4 is 0 Å². The molecule has 0 aliphatic carbocycles. The first-order valence-electron chi connectivity index (χ1n) is 4.29. The molecule has 0 heterocycles. The molecule has 4 nitrogen and oxygen atoms in total. The Kier molecular flexibility index (Phi) is 5.09. The quantitative estimate of drug-likeness (QED) is 0.630. The van der Waals surface area contributed by atoms with Crippen molar-refractivity contribution in [2.75, 3.05) is 27.7 Å². The third-order valence-electron chi connectivity index (χ3n) is 2.04. The first kappa shape index (κ1) is 11.9. The standard InChI is InChI=1S/C9H17N3O/c1-8(9(13)11(2)3)12(4)7-5-6-10/h8H,5,7H2,1-4H3. The first-order chi connectivity index (χ1) is 6.00. The van der Waals surface area contributed by atoms with Crippen LogP contribution >= 0.6 is 0 Å². The number of hydrogen-bond acceptors (Lipinski definition) is 3. The van der Waals surface area contributed by atoms with Crippen LogP contribution in [-0.2, 0) is 4.79 Å². The van der Waals surface area contributed by atoms with Crippen LogP contribution in [0.3, 0.4) is 0 Å². The maximum atomic E-state index is 11.4. The maximum absolute atomic E-state index is 11.4. The zero-order valence-electron chi connectivity index (χ0n) is 8.74. The van der Waals surface area contributed by atoms with Gasteiger partial charge in [0.15, 0.2) is 0 Å². The first-order valence-corrected chi connectivity index (χ1v) is 4.29. The number of carbonyl (C=O) groups excluding carboxylic acids is 1. The van der Waals surface area contributed by atoms with Gasteiger partial charge in [0.05, 0.1) is 12.1 Å². The van der Waals surface area contributed by atoms with E-state index in [-0.39, 0.29) is 11.9 Å². The van der Waals surface area contributed by atoms with E-state index in [2.05, 4.69) is 6.07 Å². The number of amides is 1. The summed E-state index contributed by atoms with van der Waals surface area (Å²) in [4.78, 5) is 14.9. The second-order valence-electron chi connectivity index (χ2n) is 3.30. The highest BCUT2D eigenvalue weighted by Gasteiger charge is 2.18. The van der Waals surface area contributed by atoms with Crippen molar-refractivity contribution in [2.45, 2.75) is 19.4 Å². The summed E-state index contributed by atoms with van der Waals surface area (Å²) in [6.45, 7) is 2.48. The summed E-state index contributed by atoms with van der Waals surface area (Å²) in [6, 6.07) is 1.91. The monoisotopic (exact) mass is 183 g/mol. The molecule has 1 amide bonds. The minimum absolute atomic E-state index is 0.0699. The number of carbonyl (C=O) groups is 1. The zero-order chi connectivity index (χ0) is 10.4. The third kappa shape index (κ3) is 3.90. The number of nitrogens with zero attached hydrogens (tertiary/aromatic N) is 3. The molecule has 0 N–H and O–H groups in total. The molecule has 74 valence electrons. The lowest BCUT2D eigenvalue weighted by molar-refractivity contribution is -0.133. The normalized spacial score (nSPS) is 12.3. The van der Waals surface area contributed by atoms with Gasteiger partial charge in [-0.3, -0.25) is 9.69 Å². The Morgan fingerprint density at radius 2 is 2.00 bits per heavy atom. The van der Waals surface area contributed by atoms with Crippen LogP contribution in [-0.4, -0.2) is 49.4 Å². The van der Waals surface area contributed by atoms with Crippen LogP contribution in [0.5, 0.6) is 0 Å². The average molecular weight is 183 g/mol. The summed E-state index contributed by atoms with van der Waals surface area (Å²) in [5.74, 6) is 0.0699. The second-order valence-corrected chi connectivity index (χ2v) is 3.30. The van der Waals surface area contributed by atoms with Gasteiger partial charge < -0.3 is 4.90 Å². The van der Waals surface area contributed by atoms with Gasteiger partial charge in [-0.25, -0.2) is 0 Å². The molecule has 0 aliphatic rings. The van der Waals surface area contributed by atoms with Crippen LogP contribution in [0.2, 0.25) is 0 Å².